The summed E-state index contributed by atoms with van der Waals surface area (Å²) in [6.45, 7) is 6.84. The van der Waals surface area contributed by atoms with Gasteiger partial charge in [-0.3, -0.25) is 9.59 Å². The third kappa shape index (κ3) is 5.82. The number of benzene rings is 2. The Morgan fingerprint density at radius 2 is 1.70 bits per heavy atom. The van der Waals surface area contributed by atoms with E-state index in [0.717, 1.165) is 5.56 Å². The number of hydrogen-bond acceptors (Lipinski definition) is 4. The van der Waals surface area contributed by atoms with Crippen LogP contribution in [0.2, 0.25) is 0 Å². The number of nitrogens with two attached hydrogens (primary N) is 1. The second-order valence-corrected chi connectivity index (χ2v) is 7.17. The lowest BCUT2D eigenvalue weighted by Gasteiger charge is -2.22. The van der Waals surface area contributed by atoms with Crippen LogP contribution in [0.4, 0.5) is 5.69 Å². The van der Waals surface area contributed by atoms with Gasteiger partial charge in [0.2, 0.25) is 0 Å². The van der Waals surface area contributed by atoms with Crippen molar-refractivity contribution in [1.82, 2.24) is 5.32 Å². The van der Waals surface area contributed by atoms with E-state index in [9.17, 15) is 9.59 Å². The zero-order valence-electron chi connectivity index (χ0n) is 16.0. The number of ether oxygens (including phenoxy) is 1. The van der Waals surface area contributed by atoms with Gasteiger partial charge in [-0.15, -0.1) is 0 Å². The summed E-state index contributed by atoms with van der Waals surface area (Å²) in [7, 11) is 0. The van der Waals surface area contributed by atoms with Gasteiger partial charge in [0.05, 0.1) is 11.3 Å². The Kier molecular flexibility index (Phi) is 6.96. The van der Waals surface area contributed by atoms with Gasteiger partial charge in [0.1, 0.15) is 5.75 Å². The normalized spacial score (nSPS) is 11.0. The molecular formula is C21H27N3O3. The molecule has 0 atom stereocenters. The number of nitrogens with one attached hydrogen (secondary N) is 2. The molecule has 0 heterocycles. The fourth-order valence-electron chi connectivity index (χ4n) is 2.61. The van der Waals surface area contributed by atoms with E-state index in [0.29, 0.717) is 30.1 Å². The maximum absolute atomic E-state index is 12.3. The molecule has 2 rings (SSSR count). The van der Waals surface area contributed by atoms with E-state index in [1.807, 2.05) is 24.3 Å². The molecule has 0 fully saturated rings. The van der Waals surface area contributed by atoms with Gasteiger partial charge in [0, 0.05) is 13.1 Å². The predicted octanol–water partition coefficient (Wildman–Crippen LogP) is 2.69. The van der Waals surface area contributed by atoms with Crippen molar-refractivity contribution in [3.05, 3.63) is 59.7 Å². The molecule has 2 aromatic carbocycles. The van der Waals surface area contributed by atoms with Crippen molar-refractivity contribution in [2.75, 3.05) is 25.0 Å². The zero-order chi connectivity index (χ0) is 19.9. The summed E-state index contributed by atoms with van der Waals surface area (Å²) in [5.74, 6) is 0.0576. The van der Waals surface area contributed by atoms with Crippen LogP contribution < -0.4 is 21.1 Å². The van der Waals surface area contributed by atoms with E-state index in [-0.39, 0.29) is 23.8 Å². The summed E-state index contributed by atoms with van der Waals surface area (Å²) in [5.41, 5.74) is 7.16. The van der Waals surface area contributed by atoms with Crippen LogP contribution in [0.3, 0.4) is 0 Å². The number of amides is 2. The largest absolute Gasteiger partial charge is 0.483 e. The van der Waals surface area contributed by atoms with Gasteiger partial charge in [0.15, 0.2) is 6.61 Å². The van der Waals surface area contributed by atoms with E-state index in [1.165, 1.54) is 0 Å². The Bertz CT molecular complexity index is 797. The maximum atomic E-state index is 12.3. The Labute approximate surface area is 160 Å². The Balaban J connectivity index is 2.05. The molecule has 0 radical (unpaired) electrons. The number of para-hydroxylation sites is 2. The first kappa shape index (κ1) is 20.5. The minimum Gasteiger partial charge on any atom is -0.483 e. The first-order valence-corrected chi connectivity index (χ1v) is 8.92. The summed E-state index contributed by atoms with van der Waals surface area (Å²) in [4.78, 5) is 24.5. The molecule has 4 N–H and O–H groups in total. The van der Waals surface area contributed by atoms with Crippen molar-refractivity contribution in [3.63, 3.8) is 0 Å². The molecule has 0 unspecified atom stereocenters. The van der Waals surface area contributed by atoms with Crippen LogP contribution in [-0.2, 0) is 10.2 Å². The van der Waals surface area contributed by atoms with Gasteiger partial charge in [-0.05, 0) is 29.2 Å². The lowest BCUT2D eigenvalue weighted by molar-refractivity contribution is -0.118. The molecule has 0 aliphatic rings. The topological polar surface area (TPSA) is 93.4 Å². The highest BCUT2D eigenvalue weighted by Gasteiger charge is 2.19. The summed E-state index contributed by atoms with van der Waals surface area (Å²) in [6, 6.07) is 14.5. The fourth-order valence-corrected chi connectivity index (χ4v) is 2.61. The molecule has 0 saturated carbocycles. The lowest BCUT2D eigenvalue weighted by Crippen LogP contribution is -2.30. The Hall–Kier alpha value is -2.86. The molecule has 0 aromatic heterocycles. The number of rotatable bonds is 7. The smallest absolute Gasteiger partial charge is 0.262 e. The van der Waals surface area contributed by atoms with E-state index < -0.39 is 0 Å². The average molecular weight is 369 g/mol. The zero-order valence-corrected chi connectivity index (χ0v) is 16.0. The summed E-state index contributed by atoms with van der Waals surface area (Å²) < 4.78 is 5.73. The van der Waals surface area contributed by atoms with Crippen LogP contribution in [0.1, 0.15) is 36.7 Å². The second kappa shape index (κ2) is 9.19. The molecular weight excluding hydrogens is 342 g/mol. The summed E-state index contributed by atoms with van der Waals surface area (Å²) >= 11 is 0. The van der Waals surface area contributed by atoms with Crippen molar-refractivity contribution in [3.8, 4) is 5.75 Å². The van der Waals surface area contributed by atoms with E-state index in [2.05, 4.69) is 31.4 Å². The Morgan fingerprint density at radius 1 is 1.04 bits per heavy atom. The fraction of sp³-hybridized carbons (Fsp3) is 0.333. The highest BCUT2D eigenvalue weighted by molar-refractivity contribution is 6.04. The van der Waals surface area contributed by atoms with Crippen LogP contribution >= 0.6 is 0 Å². The average Bonchev–Trinajstić information content (AvgIpc) is 2.64. The molecule has 0 aliphatic heterocycles. The predicted molar refractivity (Wildman–Crippen MR) is 107 cm³/mol. The molecule has 0 bridgehead atoms. The quantitative estimate of drug-likeness (QED) is 0.699. The first-order chi connectivity index (χ1) is 12.8. The van der Waals surface area contributed by atoms with Crippen molar-refractivity contribution in [2.45, 2.75) is 26.2 Å². The monoisotopic (exact) mass is 369 g/mol. The number of carbonyl (C=O) groups excluding carboxylic acids is 2. The number of hydrogen-bond donors (Lipinski definition) is 3. The van der Waals surface area contributed by atoms with Gasteiger partial charge in [-0.2, -0.15) is 0 Å². The van der Waals surface area contributed by atoms with Crippen LogP contribution in [0.15, 0.2) is 48.5 Å². The molecule has 0 saturated heterocycles. The van der Waals surface area contributed by atoms with Crippen molar-refractivity contribution in [2.24, 2.45) is 5.73 Å². The van der Waals surface area contributed by atoms with E-state index in [1.54, 1.807) is 24.3 Å². The van der Waals surface area contributed by atoms with Gasteiger partial charge < -0.3 is 21.1 Å². The van der Waals surface area contributed by atoms with Crippen LogP contribution in [0, 0.1) is 0 Å². The highest BCUT2D eigenvalue weighted by atomic mass is 16.5. The maximum Gasteiger partial charge on any atom is 0.262 e. The third-order valence-corrected chi connectivity index (χ3v) is 3.93. The summed E-state index contributed by atoms with van der Waals surface area (Å²) in [5, 5.41) is 5.44. The Morgan fingerprint density at radius 3 is 2.41 bits per heavy atom. The second-order valence-electron chi connectivity index (χ2n) is 7.17. The van der Waals surface area contributed by atoms with E-state index in [4.69, 9.17) is 10.5 Å². The van der Waals surface area contributed by atoms with Gasteiger partial charge in [-0.25, -0.2) is 0 Å². The SMILES string of the molecule is CC(C)(C)c1ccccc1OCC(=O)Nc1ccccc1C(=O)NCCN. The number of carbonyl (C=O) groups is 2. The molecule has 6 nitrogen and oxygen atoms in total. The van der Waals surface area contributed by atoms with Crippen LogP contribution in [0.5, 0.6) is 5.75 Å². The van der Waals surface area contributed by atoms with Crippen LogP contribution in [0.25, 0.3) is 0 Å². The van der Waals surface area contributed by atoms with Crippen LogP contribution in [-0.4, -0.2) is 31.5 Å². The standard InChI is InChI=1S/C21H27N3O3/c1-21(2,3)16-9-5-7-11-18(16)27-14-19(25)24-17-10-6-4-8-15(17)20(26)23-13-12-22/h4-11H,12-14,22H2,1-3H3,(H,23,26)(H,24,25). The van der Waals surface area contributed by atoms with E-state index >= 15 is 0 Å². The molecule has 6 heteroatoms. The minimum absolute atomic E-state index is 0.0965. The molecule has 2 amide bonds. The van der Waals surface area contributed by atoms with Crippen molar-refractivity contribution in [1.29, 1.82) is 0 Å². The highest BCUT2D eigenvalue weighted by Crippen LogP contribution is 2.30. The van der Waals surface area contributed by atoms with Crippen molar-refractivity contribution < 1.29 is 14.3 Å². The minimum atomic E-state index is -0.335. The summed E-state index contributed by atoms with van der Waals surface area (Å²) in [6.07, 6.45) is 0. The first-order valence-electron chi connectivity index (χ1n) is 8.92. The lowest BCUT2D eigenvalue weighted by atomic mass is 9.86. The van der Waals surface area contributed by atoms with Gasteiger partial charge in [0.25, 0.3) is 11.8 Å². The van der Waals surface area contributed by atoms with Gasteiger partial charge >= 0.3 is 0 Å². The third-order valence-electron chi connectivity index (χ3n) is 3.93. The van der Waals surface area contributed by atoms with Gasteiger partial charge in [-0.1, -0.05) is 51.1 Å². The van der Waals surface area contributed by atoms with Crippen molar-refractivity contribution >= 4 is 17.5 Å². The number of anilines is 1. The molecule has 144 valence electrons. The molecule has 27 heavy (non-hydrogen) atoms. The molecule has 0 spiro atoms. The molecule has 2 aromatic rings. The molecule has 0 aliphatic carbocycles.